The van der Waals surface area contributed by atoms with Crippen LogP contribution in [-0.2, 0) is 9.53 Å². The van der Waals surface area contributed by atoms with Gasteiger partial charge < -0.3 is 4.74 Å². The van der Waals surface area contributed by atoms with Crippen LogP contribution in [0.5, 0.6) is 0 Å². The molecule has 5 aliphatic carbocycles. The minimum atomic E-state index is -0.0927. The molecule has 2 heteroatoms. The minimum Gasteiger partial charge on any atom is -0.462 e. The van der Waals surface area contributed by atoms with Gasteiger partial charge in [0.15, 0.2) is 0 Å². The molecule has 5 rings (SSSR count). The molecule has 2 nitrogen and oxygen atoms in total. The number of hydrogen-bond acceptors (Lipinski definition) is 2. The average molecular weight is 469 g/mol. The molecule has 0 aromatic heterocycles. The zero-order chi connectivity index (χ0) is 24.7. The smallest absolute Gasteiger partial charge is 0.302 e. The maximum Gasteiger partial charge on any atom is 0.302 e. The molecule has 0 radical (unpaired) electrons. The van der Waals surface area contributed by atoms with Gasteiger partial charge in [-0.2, -0.15) is 0 Å². The third kappa shape index (κ3) is 3.14. The molecular weight excluding hydrogens is 416 g/mol. The normalized spacial score (nSPS) is 49.1. The van der Waals surface area contributed by atoms with Crippen molar-refractivity contribution in [1.29, 1.82) is 0 Å². The largest absolute Gasteiger partial charge is 0.462 e. The molecule has 0 aromatic carbocycles. The third-order valence-electron chi connectivity index (χ3n) is 13.3. The molecular formula is C32H52O2. The molecule has 0 aliphatic heterocycles. The highest BCUT2D eigenvalue weighted by molar-refractivity contribution is 5.66. The van der Waals surface area contributed by atoms with Crippen molar-refractivity contribution in [3.05, 3.63) is 11.6 Å². The average Bonchev–Trinajstić information content (AvgIpc) is 3.32. The summed E-state index contributed by atoms with van der Waals surface area (Å²) in [6.45, 7) is 18.9. The quantitative estimate of drug-likeness (QED) is 0.298. The monoisotopic (exact) mass is 468 g/mol. The molecule has 5 aliphatic rings. The summed E-state index contributed by atoms with van der Waals surface area (Å²) in [5.41, 5.74) is 3.71. The van der Waals surface area contributed by atoms with Gasteiger partial charge >= 0.3 is 5.97 Å². The summed E-state index contributed by atoms with van der Waals surface area (Å²) in [6.07, 6.45) is 17.6. The first-order valence-electron chi connectivity index (χ1n) is 14.6. The van der Waals surface area contributed by atoms with Crippen LogP contribution >= 0.6 is 0 Å². The first-order valence-corrected chi connectivity index (χ1v) is 14.6. The standard InChI is InChI=1S/C32H52O2/c1-21(2)10-9-11-22(3)24-14-16-30(8)26-13-12-25-28(5,6)27(34-23(4)33)15-17-31(25)20-32(26,31)19-18-29(24,30)7/h10,22,24-27H,9,11-20H2,1-8H3/t22-,24-,25+,26?,27+,29?,30+,31?,32+/m1/s1. The Morgan fingerprint density at radius 2 is 1.56 bits per heavy atom. The second kappa shape index (κ2) is 7.85. The van der Waals surface area contributed by atoms with Crippen molar-refractivity contribution in [3.63, 3.8) is 0 Å². The van der Waals surface area contributed by atoms with Crippen molar-refractivity contribution < 1.29 is 9.53 Å². The highest BCUT2D eigenvalue weighted by Gasteiger charge is 2.82. The van der Waals surface area contributed by atoms with E-state index < -0.39 is 0 Å². The second-order valence-electron chi connectivity index (χ2n) is 14.9. The van der Waals surface area contributed by atoms with Crippen molar-refractivity contribution in [3.8, 4) is 0 Å². The lowest BCUT2D eigenvalue weighted by Crippen LogP contribution is -2.58. The van der Waals surface area contributed by atoms with Crippen molar-refractivity contribution >= 4 is 5.97 Å². The van der Waals surface area contributed by atoms with Gasteiger partial charge in [-0.05, 0) is 130 Å². The summed E-state index contributed by atoms with van der Waals surface area (Å²) >= 11 is 0. The fraction of sp³-hybridized carbons (Fsp3) is 0.906. The van der Waals surface area contributed by atoms with Crippen LogP contribution in [0.25, 0.3) is 0 Å². The van der Waals surface area contributed by atoms with E-state index in [0.717, 1.165) is 30.1 Å². The van der Waals surface area contributed by atoms with Crippen LogP contribution < -0.4 is 0 Å². The first-order chi connectivity index (χ1) is 15.8. The third-order valence-corrected chi connectivity index (χ3v) is 13.3. The lowest BCUT2D eigenvalue weighted by Gasteiger charge is -2.63. The topological polar surface area (TPSA) is 26.3 Å². The van der Waals surface area contributed by atoms with E-state index in [4.69, 9.17) is 4.74 Å². The summed E-state index contributed by atoms with van der Waals surface area (Å²) in [7, 11) is 0. The molecule has 9 atom stereocenters. The fourth-order valence-electron chi connectivity index (χ4n) is 11.5. The van der Waals surface area contributed by atoms with E-state index in [2.05, 4.69) is 54.5 Å². The highest BCUT2D eigenvalue weighted by Crippen LogP contribution is 2.89. The molecule has 2 spiro atoms. The van der Waals surface area contributed by atoms with Crippen LogP contribution in [0, 0.1) is 50.7 Å². The number of carbonyl (C=O) groups is 1. The predicted octanol–water partition coefficient (Wildman–Crippen LogP) is 8.74. The predicted molar refractivity (Wildman–Crippen MR) is 140 cm³/mol. The minimum absolute atomic E-state index is 0.0927. The van der Waals surface area contributed by atoms with Crippen LogP contribution in [0.4, 0.5) is 0 Å². The van der Waals surface area contributed by atoms with Crippen LogP contribution in [0.2, 0.25) is 0 Å². The Labute approximate surface area is 210 Å². The van der Waals surface area contributed by atoms with Gasteiger partial charge in [0.05, 0.1) is 0 Å². The van der Waals surface area contributed by atoms with Gasteiger partial charge in [0.1, 0.15) is 6.10 Å². The first kappa shape index (κ1) is 24.9. The van der Waals surface area contributed by atoms with Gasteiger partial charge in [-0.3, -0.25) is 4.79 Å². The Kier molecular flexibility index (Phi) is 5.75. The van der Waals surface area contributed by atoms with Crippen LogP contribution in [0.1, 0.15) is 126 Å². The van der Waals surface area contributed by atoms with E-state index in [1.54, 1.807) is 6.92 Å². The molecule has 0 amide bonds. The number of allylic oxidation sites excluding steroid dienone is 2. The Bertz CT molecular complexity index is 866. The molecule has 34 heavy (non-hydrogen) atoms. The Balaban J connectivity index is 1.39. The van der Waals surface area contributed by atoms with E-state index >= 15 is 0 Å². The Morgan fingerprint density at radius 1 is 0.882 bits per heavy atom. The Morgan fingerprint density at radius 3 is 2.24 bits per heavy atom. The van der Waals surface area contributed by atoms with Gasteiger partial charge in [0, 0.05) is 12.3 Å². The fourth-order valence-corrected chi connectivity index (χ4v) is 11.5. The number of rotatable bonds is 5. The van der Waals surface area contributed by atoms with Crippen molar-refractivity contribution in [1.82, 2.24) is 0 Å². The van der Waals surface area contributed by atoms with Gasteiger partial charge in [-0.25, -0.2) is 0 Å². The maximum absolute atomic E-state index is 11.8. The zero-order valence-electron chi connectivity index (χ0n) is 23.6. The van der Waals surface area contributed by atoms with Gasteiger partial charge in [-0.1, -0.05) is 46.3 Å². The second-order valence-corrected chi connectivity index (χ2v) is 14.9. The number of fused-ring (bicyclic) bond motifs is 2. The van der Waals surface area contributed by atoms with Crippen molar-refractivity contribution in [2.45, 2.75) is 132 Å². The summed E-state index contributed by atoms with van der Waals surface area (Å²) in [4.78, 5) is 11.8. The zero-order valence-corrected chi connectivity index (χ0v) is 23.6. The Hall–Kier alpha value is -0.790. The summed E-state index contributed by atoms with van der Waals surface area (Å²) in [6, 6.07) is 0. The lowest BCUT2D eigenvalue weighted by molar-refractivity contribution is -0.181. The van der Waals surface area contributed by atoms with E-state index in [-0.39, 0.29) is 17.5 Å². The molecule has 5 saturated carbocycles. The molecule has 0 heterocycles. The number of ether oxygens (including phenoxy) is 1. The lowest BCUT2D eigenvalue weighted by atomic mass is 9.41. The number of esters is 1. The number of carbonyl (C=O) groups excluding carboxylic acids is 1. The van der Waals surface area contributed by atoms with E-state index in [0.29, 0.717) is 21.7 Å². The maximum atomic E-state index is 11.8. The summed E-state index contributed by atoms with van der Waals surface area (Å²) < 4.78 is 5.90. The van der Waals surface area contributed by atoms with Crippen LogP contribution in [0.15, 0.2) is 11.6 Å². The molecule has 0 aromatic rings. The number of hydrogen-bond donors (Lipinski definition) is 0. The van der Waals surface area contributed by atoms with E-state index in [1.165, 1.54) is 69.8 Å². The summed E-state index contributed by atoms with van der Waals surface area (Å²) in [5, 5.41) is 0. The van der Waals surface area contributed by atoms with Gasteiger partial charge in [0.2, 0.25) is 0 Å². The summed E-state index contributed by atoms with van der Waals surface area (Å²) in [5.74, 6) is 3.27. The van der Waals surface area contributed by atoms with Crippen LogP contribution in [0.3, 0.4) is 0 Å². The molecule has 0 N–H and O–H groups in total. The molecule has 3 unspecified atom stereocenters. The van der Waals surface area contributed by atoms with Crippen LogP contribution in [-0.4, -0.2) is 12.1 Å². The van der Waals surface area contributed by atoms with Gasteiger partial charge in [-0.15, -0.1) is 0 Å². The van der Waals surface area contributed by atoms with E-state index in [1.807, 2.05) is 0 Å². The molecule has 5 fully saturated rings. The van der Waals surface area contributed by atoms with Crippen molar-refractivity contribution in [2.75, 3.05) is 0 Å². The van der Waals surface area contributed by atoms with Gasteiger partial charge in [0.25, 0.3) is 0 Å². The molecule has 0 bridgehead atoms. The SMILES string of the molecule is CC(=O)O[C@H]1CCC23C[C@]24CCC2(C)[C@@H]([C@H](C)CCC=C(C)C)CC[C@@]2(C)C4CC[C@H]3C1(C)C. The van der Waals surface area contributed by atoms with E-state index in [9.17, 15) is 4.79 Å². The van der Waals surface area contributed by atoms with Crippen molar-refractivity contribution in [2.24, 2.45) is 50.7 Å². The molecule has 0 saturated heterocycles. The highest BCUT2D eigenvalue weighted by atomic mass is 16.5. The molecule has 192 valence electrons.